The molecule has 210 valence electrons. The van der Waals surface area contributed by atoms with Crippen molar-refractivity contribution in [2.75, 3.05) is 96.6 Å². The normalized spacial score (nSPS) is 17.0. The van der Waals surface area contributed by atoms with E-state index >= 15 is 0 Å². The Bertz CT molecular complexity index is 1090. The van der Waals surface area contributed by atoms with Crippen molar-refractivity contribution in [1.82, 2.24) is 19.8 Å². The second-order valence-electron chi connectivity index (χ2n) is 10.9. The maximum atomic E-state index is 12.5. The minimum Gasteiger partial charge on any atom is -0.493 e. The first-order chi connectivity index (χ1) is 18.1. The number of rotatable bonds is 8. The lowest BCUT2D eigenvalue weighted by atomic mass is 10.1. The third-order valence-corrected chi connectivity index (χ3v) is 6.56. The molecule has 0 radical (unpaired) electrons. The number of morpholine rings is 1. The molecule has 2 saturated heterocycles. The molecule has 1 aromatic carbocycles. The Morgan fingerprint density at radius 2 is 1.74 bits per heavy atom. The van der Waals surface area contributed by atoms with Crippen LogP contribution in [0.3, 0.4) is 0 Å². The molecule has 0 aliphatic carbocycles. The van der Waals surface area contributed by atoms with Crippen LogP contribution in [0.5, 0.6) is 11.5 Å². The molecule has 1 amide bonds. The number of amides is 1. The molecule has 0 unspecified atom stereocenters. The maximum absolute atomic E-state index is 12.5. The van der Waals surface area contributed by atoms with E-state index in [4.69, 9.17) is 28.9 Å². The molecule has 4 rings (SSSR count). The van der Waals surface area contributed by atoms with Gasteiger partial charge in [-0.25, -0.2) is 9.78 Å². The molecule has 11 nitrogen and oxygen atoms in total. The van der Waals surface area contributed by atoms with Gasteiger partial charge in [-0.1, -0.05) is 0 Å². The highest BCUT2D eigenvalue weighted by atomic mass is 16.6. The smallest absolute Gasteiger partial charge is 0.410 e. The summed E-state index contributed by atoms with van der Waals surface area (Å²) < 4.78 is 22.9. The van der Waals surface area contributed by atoms with Crippen molar-refractivity contribution < 1.29 is 23.7 Å². The zero-order valence-corrected chi connectivity index (χ0v) is 23.7. The van der Waals surface area contributed by atoms with Gasteiger partial charge in [0.15, 0.2) is 11.5 Å². The lowest BCUT2D eigenvalue weighted by Crippen LogP contribution is -2.50. The first kappa shape index (κ1) is 28.0. The van der Waals surface area contributed by atoms with Crippen LogP contribution in [0, 0.1) is 0 Å². The van der Waals surface area contributed by atoms with Gasteiger partial charge in [-0.2, -0.15) is 4.98 Å². The fraction of sp³-hybridized carbons (Fsp3) is 0.667. The molecular weight excluding hydrogens is 488 g/mol. The standard InChI is InChI=1S/C27H42N6O5/c1-27(2,3)38-26(34)33-11-9-32(10-12-33)24-20-18-22(35-6)23(19-21(20)28-25(29-24)30(4)5)37-15-7-8-31-13-16-36-17-14-31/h18-19H,7-17H2,1-6H3. The lowest BCUT2D eigenvalue weighted by Gasteiger charge is -2.36. The van der Waals surface area contributed by atoms with Crippen LogP contribution >= 0.6 is 0 Å². The minimum absolute atomic E-state index is 0.282. The summed E-state index contributed by atoms with van der Waals surface area (Å²) in [5.74, 6) is 2.76. The molecule has 38 heavy (non-hydrogen) atoms. The van der Waals surface area contributed by atoms with Gasteiger partial charge in [0.05, 0.1) is 32.4 Å². The van der Waals surface area contributed by atoms with Crippen LogP contribution in [0.25, 0.3) is 10.9 Å². The van der Waals surface area contributed by atoms with Gasteiger partial charge >= 0.3 is 6.09 Å². The molecule has 2 fully saturated rings. The van der Waals surface area contributed by atoms with Crippen LogP contribution in [0.1, 0.15) is 27.2 Å². The number of hydrogen-bond donors (Lipinski definition) is 0. The number of fused-ring (bicyclic) bond motifs is 1. The van der Waals surface area contributed by atoms with Crippen LogP contribution in [0.4, 0.5) is 16.6 Å². The van der Waals surface area contributed by atoms with Crippen LogP contribution in [0.2, 0.25) is 0 Å². The van der Waals surface area contributed by atoms with E-state index in [1.807, 2.05) is 51.9 Å². The van der Waals surface area contributed by atoms with E-state index in [1.54, 1.807) is 12.0 Å². The quantitative estimate of drug-likeness (QED) is 0.475. The van der Waals surface area contributed by atoms with E-state index in [9.17, 15) is 4.79 Å². The predicted octanol–water partition coefficient (Wildman–Crippen LogP) is 2.86. The Kier molecular flexibility index (Phi) is 8.99. The van der Waals surface area contributed by atoms with Crippen molar-refractivity contribution in [3.05, 3.63) is 12.1 Å². The van der Waals surface area contributed by atoms with Gasteiger partial charge in [0.2, 0.25) is 5.95 Å². The van der Waals surface area contributed by atoms with Gasteiger partial charge in [-0.05, 0) is 33.3 Å². The number of hydrogen-bond acceptors (Lipinski definition) is 10. The third kappa shape index (κ3) is 7.08. The number of benzene rings is 1. The zero-order valence-electron chi connectivity index (χ0n) is 23.7. The average Bonchev–Trinajstić information content (AvgIpc) is 2.89. The molecule has 2 aliphatic heterocycles. The number of ether oxygens (including phenoxy) is 4. The minimum atomic E-state index is -0.517. The number of aromatic nitrogens is 2. The largest absolute Gasteiger partial charge is 0.493 e. The SMILES string of the molecule is COc1cc2c(N3CCN(C(=O)OC(C)(C)C)CC3)nc(N(C)C)nc2cc1OCCCN1CCOCC1. The van der Waals surface area contributed by atoms with Gasteiger partial charge in [0, 0.05) is 71.4 Å². The Hall–Kier alpha value is -3.05. The predicted molar refractivity (Wildman–Crippen MR) is 148 cm³/mol. The van der Waals surface area contributed by atoms with Gasteiger partial charge in [-0.3, -0.25) is 4.90 Å². The van der Waals surface area contributed by atoms with E-state index in [0.29, 0.717) is 50.2 Å². The molecule has 0 spiro atoms. The summed E-state index contributed by atoms with van der Waals surface area (Å²) in [5.41, 5.74) is 0.272. The highest BCUT2D eigenvalue weighted by molar-refractivity contribution is 5.93. The van der Waals surface area contributed by atoms with Crippen LogP contribution in [-0.2, 0) is 9.47 Å². The summed E-state index contributed by atoms with van der Waals surface area (Å²) in [4.78, 5) is 30.5. The van der Waals surface area contributed by atoms with E-state index in [-0.39, 0.29) is 6.09 Å². The molecule has 0 N–H and O–H groups in total. The maximum Gasteiger partial charge on any atom is 0.410 e. The van der Waals surface area contributed by atoms with Crippen molar-refractivity contribution in [1.29, 1.82) is 0 Å². The molecular formula is C27H42N6O5. The monoisotopic (exact) mass is 530 g/mol. The van der Waals surface area contributed by atoms with Crippen LogP contribution in [0.15, 0.2) is 12.1 Å². The summed E-state index contributed by atoms with van der Waals surface area (Å²) in [6, 6.07) is 3.90. The number of nitrogens with zero attached hydrogens (tertiary/aromatic N) is 6. The fourth-order valence-corrected chi connectivity index (χ4v) is 4.54. The summed E-state index contributed by atoms with van der Waals surface area (Å²) in [7, 11) is 5.51. The summed E-state index contributed by atoms with van der Waals surface area (Å²) in [6.07, 6.45) is 0.636. The number of carbonyl (C=O) groups is 1. The lowest BCUT2D eigenvalue weighted by molar-refractivity contribution is 0.0240. The van der Waals surface area contributed by atoms with E-state index < -0.39 is 5.60 Å². The summed E-state index contributed by atoms with van der Waals surface area (Å²) in [5, 5.41) is 0.888. The van der Waals surface area contributed by atoms with E-state index in [2.05, 4.69) is 9.80 Å². The van der Waals surface area contributed by atoms with Crippen molar-refractivity contribution in [2.45, 2.75) is 32.8 Å². The second-order valence-corrected chi connectivity index (χ2v) is 10.9. The molecule has 0 bridgehead atoms. The van der Waals surface area contributed by atoms with Gasteiger partial charge in [0.25, 0.3) is 0 Å². The first-order valence-electron chi connectivity index (χ1n) is 13.4. The zero-order chi connectivity index (χ0) is 27.3. The Balaban J connectivity index is 1.51. The highest BCUT2D eigenvalue weighted by Crippen LogP contribution is 2.36. The Morgan fingerprint density at radius 1 is 1.03 bits per heavy atom. The molecule has 1 aromatic heterocycles. The second kappa shape index (κ2) is 12.2. The molecule has 0 atom stereocenters. The molecule has 2 aliphatic rings. The summed E-state index contributed by atoms with van der Waals surface area (Å²) in [6.45, 7) is 13.1. The third-order valence-electron chi connectivity index (χ3n) is 6.56. The molecule has 11 heteroatoms. The van der Waals surface area contributed by atoms with Crippen molar-refractivity contribution in [2.24, 2.45) is 0 Å². The van der Waals surface area contributed by atoms with Crippen molar-refractivity contribution in [3.8, 4) is 11.5 Å². The Labute approximate surface area is 225 Å². The van der Waals surface area contributed by atoms with Crippen molar-refractivity contribution in [3.63, 3.8) is 0 Å². The topological polar surface area (TPSA) is 92.7 Å². The van der Waals surface area contributed by atoms with Crippen LogP contribution < -0.4 is 19.3 Å². The molecule has 3 heterocycles. The molecule has 2 aromatic rings. The highest BCUT2D eigenvalue weighted by Gasteiger charge is 2.28. The number of methoxy groups -OCH3 is 1. The first-order valence-corrected chi connectivity index (χ1v) is 13.4. The number of carbonyl (C=O) groups excluding carboxylic acids is 1. The number of anilines is 2. The number of piperazine rings is 1. The van der Waals surface area contributed by atoms with Gasteiger partial charge < -0.3 is 33.6 Å². The van der Waals surface area contributed by atoms with E-state index in [1.165, 1.54) is 0 Å². The van der Waals surface area contributed by atoms with Crippen LogP contribution in [-0.4, -0.2) is 118 Å². The van der Waals surface area contributed by atoms with E-state index in [0.717, 1.165) is 56.0 Å². The van der Waals surface area contributed by atoms with Gasteiger partial charge in [0.1, 0.15) is 11.4 Å². The average molecular weight is 531 g/mol. The fourth-order valence-electron chi connectivity index (χ4n) is 4.54. The Morgan fingerprint density at radius 3 is 2.37 bits per heavy atom. The van der Waals surface area contributed by atoms with Gasteiger partial charge in [-0.15, -0.1) is 0 Å². The summed E-state index contributed by atoms with van der Waals surface area (Å²) >= 11 is 0. The molecule has 0 saturated carbocycles. The van der Waals surface area contributed by atoms with Crippen molar-refractivity contribution >= 4 is 28.8 Å².